The topological polar surface area (TPSA) is 55.4 Å². The standard InChI is InChI=1S/C34H33FN4O/c1-38-16-14-24(15-17-38)22-6-8-23(9-7-22)25-10-11-26-20-39(21-27(26)18-25)33(29-19-28(35)12-13-32(29)40)34-36-30-4-2-3-5-31(30)37-34/h2-13,18-19,24,33,40H,14-17,20-21H2,1H3,(H,36,37)/t33-/m1/s1. The molecule has 4 aromatic carbocycles. The Bertz CT molecular complexity index is 1640. The van der Waals surface area contributed by atoms with E-state index < -0.39 is 6.04 Å². The SMILES string of the molecule is CN1CCC(c2ccc(-c3ccc4c(c3)CN([C@@H](c3nc5ccccc5[nH]3)c3cc(F)ccc3O)C4)cc2)CC1. The Morgan fingerprint density at radius 3 is 2.42 bits per heavy atom. The molecule has 0 spiro atoms. The fraction of sp³-hybridized carbons (Fsp3) is 0.265. The number of fused-ring (bicyclic) bond motifs is 2. The van der Waals surface area contributed by atoms with Crippen molar-refractivity contribution in [2.45, 2.75) is 37.9 Å². The molecule has 0 saturated carbocycles. The number of phenols is 1. The molecule has 202 valence electrons. The van der Waals surface area contributed by atoms with Crippen LogP contribution in [0.5, 0.6) is 5.75 Å². The zero-order valence-electron chi connectivity index (χ0n) is 22.6. The maximum absolute atomic E-state index is 14.4. The van der Waals surface area contributed by atoms with Gasteiger partial charge in [-0.15, -0.1) is 0 Å². The summed E-state index contributed by atoms with van der Waals surface area (Å²) >= 11 is 0. The van der Waals surface area contributed by atoms with Crippen molar-refractivity contribution in [2.24, 2.45) is 0 Å². The maximum Gasteiger partial charge on any atom is 0.129 e. The van der Waals surface area contributed by atoms with Crippen molar-refractivity contribution in [1.29, 1.82) is 0 Å². The lowest BCUT2D eigenvalue weighted by molar-refractivity contribution is 0.220. The largest absolute Gasteiger partial charge is 0.508 e. The molecule has 7 rings (SSSR count). The number of phenolic OH excluding ortho intramolecular Hbond substituents is 1. The summed E-state index contributed by atoms with van der Waals surface area (Å²) in [5.74, 6) is 1.03. The quantitative estimate of drug-likeness (QED) is 0.256. The zero-order chi connectivity index (χ0) is 27.2. The van der Waals surface area contributed by atoms with Gasteiger partial charge in [-0.2, -0.15) is 0 Å². The highest BCUT2D eigenvalue weighted by atomic mass is 19.1. The molecule has 2 aliphatic heterocycles. The van der Waals surface area contributed by atoms with Gasteiger partial charge in [0.25, 0.3) is 0 Å². The van der Waals surface area contributed by atoms with E-state index in [4.69, 9.17) is 4.98 Å². The molecule has 5 nitrogen and oxygen atoms in total. The number of likely N-dealkylation sites (tertiary alicyclic amines) is 1. The molecule has 0 radical (unpaired) electrons. The van der Waals surface area contributed by atoms with E-state index in [1.807, 2.05) is 24.3 Å². The summed E-state index contributed by atoms with van der Waals surface area (Å²) in [5, 5.41) is 10.8. The molecule has 1 aromatic heterocycles. The second-order valence-electron chi connectivity index (χ2n) is 11.3. The number of aromatic nitrogens is 2. The van der Waals surface area contributed by atoms with Crippen LogP contribution in [0.2, 0.25) is 0 Å². The van der Waals surface area contributed by atoms with Crippen LogP contribution >= 0.6 is 0 Å². The highest BCUT2D eigenvalue weighted by Gasteiger charge is 2.32. The third kappa shape index (κ3) is 4.67. The minimum Gasteiger partial charge on any atom is -0.508 e. The van der Waals surface area contributed by atoms with E-state index in [1.165, 1.54) is 58.9 Å². The summed E-state index contributed by atoms with van der Waals surface area (Å²) in [6.07, 6.45) is 2.44. The highest BCUT2D eigenvalue weighted by Crippen LogP contribution is 2.40. The Labute approximate surface area is 233 Å². The number of H-pyrrole nitrogens is 1. The number of aromatic hydroxyl groups is 1. The molecule has 2 N–H and O–H groups in total. The van der Waals surface area contributed by atoms with Crippen LogP contribution in [0.3, 0.4) is 0 Å². The number of hydrogen-bond acceptors (Lipinski definition) is 4. The van der Waals surface area contributed by atoms with Crippen LogP contribution in [0, 0.1) is 5.82 Å². The van der Waals surface area contributed by atoms with E-state index in [1.54, 1.807) is 0 Å². The van der Waals surface area contributed by atoms with Crippen LogP contribution in [0.1, 0.15) is 52.9 Å². The molecule has 6 heteroatoms. The summed E-state index contributed by atoms with van der Waals surface area (Å²) in [5.41, 5.74) is 8.61. The van der Waals surface area contributed by atoms with E-state index in [0.717, 1.165) is 24.1 Å². The van der Waals surface area contributed by atoms with Crippen LogP contribution < -0.4 is 0 Å². The molecule has 3 heterocycles. The van der Waals surface area contributed by atoms with Crippen molar-refractivity contribution in [3.63, 3.8) is 0 Å². The Morgan fingerprint density at radius 2 is 1.62 bits per heavy atom. The second-order valence-corrected chi connectivity index (χ2v) is 11.3. The predicted octanol–water partition coefficient (Wildman–Crippen LogP) is 6.99. The van der Waals surface area contributed by atoms with Crippen molar-refractivity contribution in [3.8, 4) is 16.9 Å². The molecule has 1 fully saturated rings. The van der Waals surface area contributed by atoms with Crippen LogP contribution in [0.4, 0.5) is 4.39 Å². The van der Waals surface area contributed by atoms with Gasteiger partial charge >= 0.3 is 0 Å². The average Bonchev–Trinajstić information content (AvgIpc) is 3.59. The maximum atomic E-state index is 14.4. The molecule has 2 aliphatic rings. The molecular formula is C34H33FN4O. The smallest absolute Gasteiger partial charge is 0.129 e. The molecule has 0 aliphatic carbocycles. The van der Waals surface area contributed by atoms with Crippen molar-refractivity contribution < 1.29 is 9.50 Å². The highest BCUT2D eigenvalue weighted by molar-refractivity contribution is 5.75. The van der Waals surface area contributed by atoms with Gasteiger partial charge in [-0.05, 0) is 103 Å². The fourth-order valence-electron chi connectivity index (χ4n) is 6.44. The third-order valence-electron chi connectivity index (χ3n) is 8.70. The Balaban J connectivity index is 1.18. The van der Waals surface area contributed by atoms with E-state index >= 15 is 0 Å². The van der Waals surface area contributed by atoms with Gasteiger partial charge in [-0.25, -0.2) is 9.37 Å². The second kappa shape index (κ2) is 10.2. The third-order valence-corrected chi connectivity index (χ3v) is 8.70. The molecule has 0 amide bonds. The normalized spacial score (nSPS) is 17.4. The van der Waals surface area contributed by atoms with Crippen LogP contribution in [0.25, 0.3) is 22.2 Å². The molecule has 40 heavy (non-hydrogen) atoms. The van der Waals surface area contributed by atoms with Crippen LogP contribution in [-0.4, -0.2) is 45.0 Å². The minimum atomic E-state index is -0.423. The summed E-state index contributed by atoms with van der Waals surface area (Å²) in [6.45, 7) is 3.68. The number of aromatic amines is 1. The molecule has 5 aromatic rings. The first-order chi connectivity index (χ1) is 19.5. The van der Waals surface area contributed by atoms with Crippen molar-refractivity contribution >= 4 is 11.0 Å². The van der Waals surface area contributed by atoms with Crippen LogP contribution in [-0.2, 0) is 13.1 Å². The molecule has 1 atom stereocenters. The summed E-state index contributed by atoms with van der Waals surface area (Å²) in [6, 6.07) is 27.4. The van der Waals surface area contributed by atoms with E-state index in [-0.39, 0.29) is 11.6 Å². The number of hydrogen-bond donors (Lipinski definition) is 2. The molecule has 0 unspecified atom stereocenters. The first-order valence-corrected chi connectivity index (χ1v) is 14.1. The minimum absolute atomic E-state index is 0.0631. The number of rotatable bonds is 5. The number of halogens is 1. The molecule has 0 bridgehead atoms. The Kier molecular flexibility index (Phi) is 6.37. The zero-order valence-corrected chi connectivity index (χ0v) is 22.6. The van der Waals surface area contributed by atoms with Gasteiger partial charge in [0, 0.05) is 18.7 Å². The predicted molar refractivity (Wildman–Crippen MR) is 157 cm³/mol. The number of piperidine rings is 1. The van der Waals surface area contributed by atoms with Crippen molar-refractivity contribution in [3.05, 3.63) is 119 Å². The van der Waals surface area contributed by atoms with Gasteiger partial charge in [-0.3, -0.25) is 4.90 Å². The first-order valence-electron chi connectivity index (χ1n) is 14.1. The Hall–Kier alpha value is -4.00. The number of nitrogens with zero attached hydrogens (tertiary/aromatic N) is 3. The molecule has 1 saturated heterocycles. The molecular weight excluding hydrogens is 499 g/mol. The summed E-state index contributed by atoms with van der Waals surface area (Å²) in [7, 11) is 2.20. The monoisotopic (exact) mass is 532 g/mol. The lowest BCUT2D eigenvalue weighted by Crippen LogP contribution is -2.29. The average molecular weight is 533 g/mol. The first kappa shape index (κ1) is 25.0. The Morgan fingerprint density at radius 1 is 0.875 bits per heavy atom. The lowest BCUT2D eigenvalue weighted by Gasteiger charge is -2.29. The summed E-state index contributed by atoms with van der Waals surface area (Å²) < 4.78 is 14.4. The van der Waals surface area contributed by atoms with Crippen LogP contribution in [0.15, 0.2) is 84.9 Å². The van der Waals surface area contributed by atoms with E-state index in [0.29, 0.717) is 30.4 Å². The van der Waals surface area contributed by atoms with Gasteiger partial charge in [0.1, 0.15) is 17.4 Å². The van der Waals surface area contributed by atoms with Crippen molar-refractivity contribution in [2.75, 3.05) is 20.1 Å². The van der Waals surface area contributed by atoms with Gasteiger partial charge in [0.15, 0.2) is 0 Å². The number of para-hydroxylation sites is 2. The summed E-state index contributed by atoms with van der Waals surface area (Å²) in [4.78, 5) is 12.9. The lowest BCUT2D eigenvalue weighted by atomic mass is 9.88. The number of imidazole rings is 1. The number of benzene rings is 4. The number of nitrogens with one attached hydrogen (secondary N) is 1. The van der Waals surface area contributed by atoms with Gasteiger partial charge < -0.3 is 15.0 Å². The van der Waals surface area contributed by atoms with E-state index in [9.17, 15) is 9.50 Å². The van der Waals surface area contributed by atoms with Crippen molar-refractivity contribution in [1.82, 2.24) is 19.8 Å². The van der Waals surface area contributed by atoms with Gasteiger partial charge in [0.05, 0.1) is 17.1 Å². The van der Waals surface area contributed by atoms with Gasteiger partial charge in [0.2, 0.25) is 0 Å². The fourth-order valence-corrected chi connectivity index (χ4v) is 6.44. The van der Waals surface area contributed by atoms with E-state index in [2.05, 4.69) is 64.3 Å². The van der Waals surface area contributed by atoms with Gasteiger partial charge in [-0.1, -0.05) is 48.5 Å².